The predicted molar refractivity (Wildman–Crippen MR) is 74.4 cm³/mol. The summed E-state index contributed by atoms with van der Waals surface area (Å²) < 4.78 is 4.97. The van der Waals surface area contributed by atoms with Crippen LogP contribution in [-0.2, 0) is 0 Å². The van der Waals surface area contributed by atoms with E-state index in [1.165, 1.54) is 0 Å². The number of aryl methyl sites for hydroxylation is 2. The molecular formula is C14H17N3O3. The van der Waals surface area contributed by atoms with E-state index in [1.54, 1.807) is 13.8 Å². The van der Waals surface area contributed by atoms with Crippen LogP contribution in [0.5, 0.6) is 0 Å². The molecule has 1 heterocycles. The molecule has 6 nitrogen and oxygen atoms in total. The van der Waals surface area contributed by atoms with Gasteiger partial charge in [0.05, 0.1) is 12.6 Å². The lowest BCUT2D eigenvalue weighted by atomic mass is 10.1. The third-order valence-electron chi connectivity index (χ3n) is 2.96. The molecule has 2 aromatic rings. The molecule has 0 aliphatic heterocycles. The highest BCUT2D eigenvalue weighted by atomic mass is 16.5. The fourth-order valence-corrected chi connectivity index (χ4v) is 1.89. The van der Waals surface area contributed by atoms with Gasteiger partial charge in [0, 0.05) is 0 Å². The van der Waals surface area contributed by atoms with E-state index in [2.05, 4.69) is 15.8 Å². The average Bonchev–Trinajstić information content (AvgIpc) is 2.77. The number of rotatable bonds is 4. The monoisotopic (exact) mass is 275 g/mol. The molecule has 0 spiro atoms. The Morgan fingerprint density at radius 2 is 2.05 bits per heavy atom. The molecule has 0 aliphatic carbocycles. The molecule has 0 aliphatic rings. The van der Waals surface area contributed by atoms with Crippen LogP contribution in [0.15, 0.2) is 34.9 Å². The second-order valence-electron chi connectivity index (χ2n) is 4.44. The van der Waals surface area contributed by atoms with Crippen molar-refractivity contribution in [3.05, 3.63) is 47.3 Å². The van der Waals surface area contributed by atoms with Gasteiger partial charge in [-0.25, -0.2) is 4.79 Å². The zero-order valence-electron chi connectivity index (χ0n) is 11.4. The van der Waals surface area contributed by atoms with Gasteiger partial charge in [0.1, 0.15) is 11.4 Å². The van der Waals surface area contributed by atoms with Crippen LogP contribution in [-0.4, -0.2) is 22.9 Å². The summed E-state index contributed by atoms with van der Waals surface area (Å²) in [6.07, 6.45) is 0. The van der Waals surface area contributed by atoms with E-state index in [1.807, 2.05) is 30.3 Å². The number of urea groups is 1. The Labute approximate surface area is 116 Å². The van der Waals surface area contributed by atoms with Gasteiger partial charge in [0.2, 0.25) is 0 Å². The minimum Gasteiger partial charge on any atom is -0.394 e. The minimum atomic E-state index is -0.461. The van der Waals surface area contributed by atoms with Crippen molar-refractivity contribution in [2.45, 2.75) is 19.9 Å². The first-order chi connectivity index (χ1) is 9.61. The first-order valence-corrected chi connectivity index (χ1v) is 6.28. The van der Waals surface area contributed by atoms with Crippen molar-refractivity contribution in [3.8, 4) is 0 Å². The number of benzene rings is 1. The zero-order chi connectivity index (χ0) is 14.5. The molecule has 0 bridgehead atoms. The maximum atomic E-state index is 12.0. The van der Waals surface area contributed by atoms with Crippen molar-refractivity contribution >= 4 is 11.7 Å². The summed E-state index contributed by atoms with van der Waals surface area (Å²) in [4.78, 5) is 12.0. The van der Waals surface area contributed by atoms with Crippen LogP contribution in [0.2, 0.25) is 0 Å². The van der Waals surface area contributed by atoms with E-state index < -0.39 is 12.1 Å². The molecule has 0 radical (unpaired) electrons. The lowest BCUT2D eigenvalue weighted by molar-refractivity contribution is 0.225. The fraction of sp³-hybridized carbons (Fsp3) is 0.286. The predicted octanol–water partition coefficient (Wildman–Crippen LogP) is 2.15. The Morgan fingerprint density at radius 1 is 1.35 bits per heavy atom. The number of nitrogens with one attached hydrogen (secondary N) is 2. The van der Waals surface area contributed by atoms with Crippen molar-refractivity contribution in [1.29, 1.82) is 0 Å². The number of carbonyl (C=O) groups excluding carboxylic acids is 1. The summed E-state index contributed by atoms with van der Waals surface area (Å²) in [5.74, 6) is 0.540. The zero-order valence-corrected chi connectivity index (χ0v) is 11.4. The van der Waals surface area contributed by atoms with Crippen LogP contribution >= 0.6 is 0 Å². The third-order valence-corrected chi connectivity index (χ3v) is 2.96. The van der Waals surface area contributed by atoms with Crippen molar-refractivity contribution in [2.75, 3.05) is 11.9 Å². The van der Waals surface area contributed by atoms with E-state index in [0.717, 1.165) is 5.56 Å². The molecule has 2 rings (SSSR count). The normalized spacial score (nSPS) is 11.9. The van der Waals surface area contributed by atoms with Crippen molar-refractivity contribution in [2.24, 2.45) is 0 Å². The van der Waals surface area contributed by atoms with Gasteiger partial charge in [0.15, 0.2) is 5.76 Å². The number of hydrogen-bond donors (Lipinski definition) is 3. The number of hydrogen-bond acceptors (Lipinski definition) is 4. The summed E-state index contributed by atoms with van der Waals surface area (Å²) in [5.41, 5.74) is 1.99. The van der Waals surface area contributed by atoms with E-state index in [0.29, 0.717) is 17.1 Å². The second-order valence-corrected chi connectivity index (χ2v) is 4.44. The molecule has 0 saturated heterocycles. The lowest BCUT2D eigenvalue weighted by Crippen LogP contribution is -2.34. The number of aliphatic hydroxyl groups is 1. The molecule has 3 N–H and O–H groups in total. The molecule has 6 heteroatoms. The molecule has 20 heavy (non-hydrogen) atoms. The summed E-state index contributed by atoms with van der Waals surface area (Å²) in [6, 6.07) is 8.40. The summed E-state index contributed by atoms with van der Waals surface area (Å²) in [6.45, 7) is 3.28. The molecule has 0 unspecified atom stereocenters. The first-order valence-electron chi connectivity index (χ1n) is 6.28. The molecule has 106 valence electrons. The van der Waals surface area contributed by atoms with Crippen LogP contribution < -0.4 is 10.6 Å². The van der Waals surface area contributed by atoms with Gasteiger partial charge in [0.25, 0.3) is 0 Å². The third kappa shape index (κ3) is 3.16. The first kappa shape index (κ1) is 14.1. The minimum absolute atomic E-state index is 0.182. The van der Waals surface area contributed by atoms with E-state index >= 15 is 0 Å². The van der Waals surface area contributed by atoms with E-state index in [9.17, 15) is 9.90 Å². The average molecular weight is 275 g/mol. The Balaban J connectivity index is 2.03. The Kier molecular flexibility index (Phi) is 4.37. The van der Waals surface area contributed by atoms with Gasteiger partial charge in [-0.1, -0.05) is 35.5 Å². The number of aliphatic hydroxyl groups excluding tert-OH is 1. The topological polar surface area (TPSA) is 87.4 Å². The lowest BCUT2D eigenvalue weighted by Gasteiger charge is -2.17. The molecule has 1 aromatic heterocycles. The molecular weight excluding hydrogens is 258 g/mol. The number of amides is 2. The molecule has 1 atom stereocenters. The number of aromatic nitrogens is 1. The number of anilines is 1. The fourth-order valence-electron chi connectivity index (χ4n) is 1.89. The highest BCUT2D eigenvalue weighted by Gasteiger charge is 2.16. The van der Waals surface area contributed by atoms with Crippen LogP contribution in [0, 0.1) is 13.8 Å². The second kappa shape index (κ2) is 6.21. The van der Waals surface area contributed by atoms with Crippen LogP contribution in [0.3, 0.4) is 0 Å². The molecule has 2 amide bonds. The summed E-state index contributed by atoms with van der Waals surface area (Å²) >= 11 is 0. The van der Waals surface area contributed by atoms with Crippen molar-refractivity contribution in [3.63, 3.8) is 0 Å². The number of nitrogens with zero attached hydrogens (tertiary/aromatic N) is 1. The Bertz CT molecular complexity index is 561. The largest absolute Gasteiger partial charge is 0.394 e. The van der Waals surface area contributed by atoms with Gasteiger partial charge in [-0.05, 0) is 19.4 Å². The van der Waals surface area contributed by atoms with E-state index in [4.69, 9.17) is 4.52 Å². The summed E-state index contributed by atoms with van der Waals surface area (Å²) in [5, 5.41) is 18.5. The standard InChI is InChI=1S/C14H17N3O3/c1-9-13(10(2)20-17-9)16-14(19)15-12(8-18)11-6-4-3-5-7-11/h3-7,12,18H,8H2,1-2H3,(H2,15,16,19)/t12-/m0/s1. The SMILES string of the molecule is Cc1noc(C)c1NC(=O)N[C@@H](CO)c1ccccc1. The molecule has 0 fully saturated rings. The highest BCUT2D eigenvalue weighted by molar-refractivity contribution is 5.90. The summed E-state index contributed by atoms with van der Waals surface area (Å²) in [7, 11) is 0. The van der Waals surface area contributed by atoms with Crippen LogP contribution in [0.4, 0.5) is 10.5 Å². The van der Waals surface area contributed by atoms with Crippen LogP contribution in [0.25, 0.3) is 0 Å². The highest BCUT2D eigenvalue weighted by Crippen LogP contribution is 2.19. The maximum absolute atomic E-state index is 12.0. The smallest absolute Gasteiger partial charge is 0.319 e. The van der Waals surface area contributed by atoms with Gasteiger partial charge >= 0.3 is 6.03 Å². The van der Waals surface area contributed by atoms with Gasteiger partial charge in [-0.15, -0.1) is 0 Å². The maximum Gasteiger partial charge on any atom is 0.319 e. The Morgan fingerprint density at radius 3 is 2.60 bits per heavy atom. The van der Waals surface area contributed by atoms with Crippen LogP contribution in [0.1, 0.15) is 23.1 Å². The Hall–Kier alpha value is -2.34. The number of carbonyl (C=O) groups is 1. The van der Waals surface area contributed by atoms with Gasteiger partial charge < -0.3 is 20.3 Å². The molecule has 0 saturated carbocycles. The van der Waals surface area contributed by atoms with Gasteiger partial charge in [-0.3, -0.25) is 0 Å². The quantitative estimate of drug-likeness (QED) is 0.797. The van der Waals surface area contributed by atoms with Crippen molar-refractivity contribution in [1.82, 2.24) is 10.5 Å². The van der Waals surface area contributed by atoms with Crippen molar-refractivity contribution < 1.29 is 14.4 Å². The van der Waals surface area contributed by atoms with Gasteiger partial charge in [-0.2, -0.15) is 0 Å². The molecule has 1 aromatic carbocycles. The van der Waals surface area contributed by atoms with E-state index in [-0.39, 0.29) is 6.61 Å².